The van der Waals surface area contributed by atoms with Gasteiger partial charge in [-0.15, -0.1) is 0 Å². The third-order valence-electron chi connectivity index (χ3n) is 5.75. The number of rotatable bonds is 9. The van der Waals surface area contributed by atoms with Crippen LogP contribution in [0.4, 0.5) is 0 Å². The van der Waals surface area contributed by atoms with Crippen LogP contribution in [-0.2, 0) is 4.74 Å². The van der Waals surface area contributed by atoms with Crippen molar-refractivity contribution >= 4 is 5.91 Å². The Hall–Kier alpha value is -3.32. The highest BCUT2D eigenvalue weighted by atomic mass is 16.5. The smallest absolute Gasteiger partial charge is 0.273 e. The van der Waals surface area contributed by atoms with Crippen LogP contribution in [-0.4, -0.2) is 53.0 Å². The van der Waals surface area contributed by atoms with Crippen LogP contribution in [0.15, 0.2) is 42.5 Å². The van der Waals surface area contributed by atoms with Crippen molar-refractivity contribution in [2.24, 2.45) is 0 Å². The van der Waals surface area contributed by atoms with Crippen molar-refractivity contribution in [3.05, 3.63) is 64.8 Å². The molecule has 0 aliphatic carbocycles. The predicted molar refractivity (Wildman–Crippen MR) is 122 cm³/mol. The Bertz CT molecular complexity index is 1110. The minimum absolute atomic E-state index is 0.128. The molecule has 3 aromatic rings. The first-order chi connectivity index (χ1) is 15.5. The molecule has 32 heavy (non-hydrogen) atoms. The number of benzene rings is 2. The zero-order valence-corrected chi connectivity index (χ0v) is 18.7. The summed E-state index contributed by atoms with van der Waals surface area (Å²) >= 11 is 0. The molecule has 0 fully saturated rings. The Kier molecular flexibility index (Phi) is 6.46. The first-order valence-corrected chi connectivity index (χ1v) is 11.0. The number of fused-ring (bicyclic) bond motifs is 1. The largest absolute Gasteiger partial charge is 0.507 e. The van der Waals surface area contributed by atoms with Crippen molar-refractivity contribution in [3.8, 4) is 22.8 Å². The molecule has 1 atom stereocenters. The van der Waals surface area contributed by atoms with Crippen LogP contribution >= 0.6 is 0 Å². The second-order valence-electron chi connectivity index (χ2n) is 8.05. The Labute approximate surface area is 188 Å². The molecule has 0 spiro atoms. The van der Waals surface area contributed by atoms with Crippen molar-refractivity contribution in [3.63, 3.8) is 0 Å². The van der Waals surface area contributed by atoms with Gasteiger partial charge in [-0.2, -0.15) is 5.10 Å². The third-order valence-corrected chi connectivity index (χ3v) is 5.75. The summed E-state index contributed by atoms with van der Waals surface area (Å²) in [6, 6.07) is 12.9. The molecule has 1 aromatic heterocycles. The number of aromatic hydroxyl groups is 1. The fraction of sp³-hybridized carbons (Fsp3) is 0.360. The number of unbranched alkanes of at least 4 members (excludes halogenated alkanes) is 1. The lowest BCUT2D eigenvalue weighted by atomic mass is 9.95. The molecule has 0 saturated carbocycles. The van der Waals surface area contributed by atoms with Crippen molar-refractivity contribution in [1.29, 1.82) is 0 Å². The molecule has 1 aliphatic rings. The average Bonchev–Trinajstić information content (AvgIpc) is 3.33. The zero-order valence-electron chi connectivity index (χ0n) is 18.7. The molecule has 2 heterocycles. The normalized spacial score (nSPS) is 15.3. The van der Waals surface area contributed by atoms with E-state index >= 15 is 0 Å². The number of ether oxygens (including phenoxy) is 2. The quantitative estimate of drug-likeness (QED) is 0.485. The first-order valence-electron chi connectivity index (χ1n) is 11.0. The summed E-state index contributed by atoms with van der Waals surface area (Å²) < 4.78 is 11.2. The summed E-state index contributed by atoms with van der Waals surface area (Å²) in [6.07, 6.45) is 2.04. The van der Waals surface area contributed by atoms with Crippen molar-refractivity contribution in [2.75, 3.05) is 26.9 Å². The zero-order chi connectivity index (χ0) is 22.7. The minimum atomic E-state index is -0.365. The number of nitrogens with zero attached hydrogens (tertiary/aromatic N) is 2. The van der Waals surface area contributed by atoms with Gasteiger partial charge in [0.05, 0.1) is 19.3 Å². The van der Waals surface area contributed by atoms with Gasteiger partial charge in [0.25, 0.3) is 5.91 Å². The van der Waals surface area contributed by atoms with E-state index in [1.54, 1.807) is 18.1 Å². The van der Waals surface area contributed by atoms with Gasteiger partial charge in [-0.25, -0.2) is 0 Å². The maximum absolute atomic E-state index is 13.3. The van der Waals surface area contributed by atoms with Crippen molar-refractivity contribution < 1.29 is 19.4 Å². The molecule has 7 heteroatoms. The summed E-state index contributed by atoms with van der Waals surface area (Å²) in [4.78, 5) is 15.1. The predicted octanol–water partition coefficient (Wildman–Crippen LogP) is 4.46. The summed E-state index contributed by atoms with van der Waals surface area (Å²) in [6.45, 7) is 5.58. The summed E-state index contributed by atoms with van der Waals surface area (Å²) in [5, 5.41) is 17.9. The summed E-state index contributed by atoms with van der Waals surface area (Å²) in [7, 11) is 1.62. The van der Waals surface area contributed by atoms with E-state index in [0.29, 0.717) is 36.7 Å². The number of hydrogen-bond acceptors (Lipinski definition) is 5. The average molecular weight is 436 g/mol. The SMILES string of the molecule is CCCCOc1cccc(C2c3c(-c4cc(C)ccc4O)n[nH]c3C(=O)N2CCOC)c1. The van der Waals surface area contributed by atoms with Crippen LogP contribution in [0, 0.1) is 6.92 Å². The van der Waals surface area contributed by atoms with Gasteiger partial charge in [0.2, 0.25) is 0 Å². The highest BCUT2D eigenvalue weighted by Gasteiger charge is 2.42. The van der Waals surface area contributed by atoms with Crippen LogP contribution in [0.3, 0.4) is 0 Å². The molecule has 1 unspecified atom stereocenters. The van der Waals surface area contributed by atoms with Crippen LogP contribution in [0.25, 0.3) is 11.3 Å². The number of amides is 1. The fourth-order valence-corrected chi connectivity index (χ4v) is 4.12. The molecule has 1 aliphatic heterocycles. The molecule has 168 valence electrons. The molecule has 2 aromatic carbocycles. The fourth-order valence-electron chi connectivity index (χ4n) is 4.12. The van der Waals surface area contributed by atoms with Crippen LogP contribution in [0.5, 0.6) is 11.5 Å². The monoisotopic (exact) mass is 435 g/mol. The molecule has 0 bridgehead atoms. The van der Waals surface area contributed by atoms with E-state index < -0.39 is 0 Å². The Morgan fingerprint density at radius 2 is 2.03 bits per heavy atom. The Morgan fingerprint density at radius 3 is 2.81 bits per heavy atom. The third kappa shape index (κ3) is 4.08. The van der Waals surface area contributed by atoms with Crippen molar-refractivity contribution in [2.45, 2.75) is 32.7 Å². The summed E-state index contributed by atoms with van der Waals surface area (Å²) in [5.74, 6) is 0.764. The van der Waals surface area contributed by atoms with Gasteiger partial charge >= 0.3 is 0 Å². The number of methoxy groups -OCH3 is 1. The maximum Gasteiger partial charge on any atom is 0.273 e. The van der Waals surface area contributed by atoms with E-state index in [1.165, 1.54) is 0 Å². The molecular formula is C25H29N3O4. The van der Waals surface area contributed by atoms with Crippen LogP contribution in [0.2, 0.25) is 0 Å². The number of carbonyl (C=O) groups excluding carboxylic acids is 1. The minimum Gasteiger partial charge on any atom is -0.507 e. The molecule has 4 rings (SSSR count). The number of aromatic nitrogens is 2. The Balaban J connectivity index is 1.81. The molecule has 0 radical (unpaired) electrons. The van der Waals surface area contributed by atoms with Gasteiger partial charge in [0, 0.05) is 24.8 Å². The van der Waals surface area contributed by atoms with Crippen LogP contribution in [0.1, 0.15) is 53.0 Å². The standard InChI is InChI=1S/C25H29N3O4/c1-4-5-12-32-18-8-6-7-17(15-18)24-21-22(19-14-16(2)9-10-20(19)29)26-27-23(21)25(30)28(24)11-13-31-3/h6-10,14-15,24,29H,4-5,11-13H2,1-3H3,(H,26,27). The highest BCUT2D eigenvalue weighted by Crippen LogP contribution is 2.44. The lowest BCUT2D eigenvalue weighted by Crippen LogP contribution is -2.32. The molecule has 2 N–H and O–H groups in total. The first kappa shape index (κ1) is 21.9. The summed E-state index contributed by atoms with van der Waals surface area (Å²) in [5.41, 5.74) is 4.31. The molecule has 0 saturated heterocycles. The van der Waals surface area contributed by atoms with Gasteiger partial charge in [-0.1, -0.05) is 37.1 Å². The molecule has 7 nitrogen and oxygen atoms in total. The van der Waals surface area contributed by atoms with Gasteiger partial charge in [-0.05, 0) is 43.2 Å². The number of hydrogen-bond donors (Lipinski definition) is 2. The van der Waals surface area contributed by atoms with Gasteiger partial charge in [0.1, 0.15) is 22.9 Å². The molecule has 1 amide bonds. The number of phenolic OH excluding ortho intramolecular Hbond substituents is 1. The second kappa shape index (κ2) is 9.44. The number of nitrogens with one attached hydrogen (secondary N) is 1. The number of aromatic amines is 1. The van der Waals surface area contributed by atoms with E-state index in [1.807, 2.05) is 43.3 Å². The van der Waals surface area contributed by atoms with E-state index in [9.17, 15) is 9.90 Å². The second-order valence-corrected chi connectivity index (χ2v) is 8.05. The lowest BCUT2D eigenvalue weighted by molar-refractivity contribution is 0.0677. The number of carbonyl (C=O) groups is 1. The van der Waals surface area contributed by atoms with E-state index in [2.05, 4.69) is 17.1 Å². The number of H-pyrrole nitrogens is 1. The van der Waals surface area contributed by atoms with Gasteiger partial charge in [-0.3, -0.25) is 9.89 Å². The van der Waals surface area contributed by atoms with E-state index in [0.717, 1.165) is 35.3 Å². The number of phenols is 1. The van der Waals surface area contributed by atoms with E-state index in [-0.39, 0.29) is 17.7 Å². The maximum atomic E-state index is 13.3. The lowest BCUT2D eigenvalue weighted by Gasteiger charge is -2.26. The topological polar surface area (TPSA) is 87.7 Å². The van der Waals surface area contributed by atoms with Gasteiger partial charge < -0.3 is 19.5 Å². The van der Waals surface area contributed by atoms with Crippen LogP contribution < -0.4 is 4.74 Å². The molecular weight excluding hydrogens is 406 g/mol. The number of aryl methyl sites for hydroxylation is 1. The van der Waals surface area contributed by atoms with Gasteiger partial charge in [0.15, 0.2) is 0 Å². The van der Waals surface area contributed by atoms with E-state index in [4.69, 9.17) is 9.47 Å². The van der Waals surface area contributed by atoms with Crippen molar-refractivity contribution in [1.82, 2.24) is 15.1 Å². The Morgan fingerprint density at radius 1 is 1.19 bits per heavy atom. The highest BCUT2D eigenvalue weighted by molar-refractivity contribution is 6.00.